The van der Waals surface area contributed by atoms with E-state index < -0.39 is 29.0 Å². The lowest BCUT2D eigenvalue weighted by Gasteiger charge is -2.29. The summed E-state index contributed by atoms with van der Waals surface area (Å²) < 4.78 is 60.5. The first-order valence-corrected chi connectivity index (χ1v) is 6.14. The molecule has 1 aliphatic heterocycles. The minimum atomic E-state index is -4.58. The number of nitrogens with one attached hydrogen (secondary N) is 1. The average molecular weight is 262 g/mol. The first kappa shape index (κ1) is 13.7. The van der Waals surface area contributed by atoms with E-state index in [9.17, 15) is 26.7 Å². The zero-order chi connectivity index (χ0) is 12.4. The summed E-state index contributed by atoms with van der Waals surface area (Å²) in [7, 11) is -4.15. The number of β-amino-alcohol motifs (C(OH)–C–C–N with tert-alkyl or cyclic N) is 1. The fraction of sp³-hybridized carbons (Fsp3) is 1.00. The van der Waals surface area contributed by atoms with Gasteiger partial charge in [-0.2, -0.15) is 30.6 Å². The molecule has 1 unspecified atom stereocenters. The van der Waals surface area contributed by atoms with Gasteiger partial charge >= 0.3 is 6.18 Å². The summed E-state index contributed by atoms with van der Waals surface area (Å²) in [5.74, 6) is 0. The van der Waals surface area contributed by atoms with E-state index in [1.807, 2.05) is 0 Å². The van der Waals surface area contributed by atoms with Gasteiger partial charge in [0.25, 0.3) is 10.2 Å². The first-order chi connectivity index (χ1) is 7.21. The van der Waals surface area contributed by atoms with Crippen LogP contribution in [0.1, 0.15) is 12.8 Å². The highest BCUT2D eigenvalue weighted by Gasteiger charge is 2.33. The Morgan fingerprint density at radius 3 is 2.56 bits per heavy atom. The van der Waals surface area contributed by atoms with E-state index in [1.165, 1.54) is 4.72 Å². The number of hydrogen-bond donors (Lipinski definition) is 2. The lowest BCUT2D eigenvalue weighted by atomic mass is 10.1. The van der Waals surface area contributed by atoms with Crippen LogP contribution in [-0.2, 0) is 10.2 Å². The van der Waals surface area contributed by atoms with E-state index in [2.05, 4.69) is 0 Å². The summed E-state index contributed by atoms with van der Waals surface area (Å²) in [6.07, 6.45) is -4.49. The standard InChI is InChI=1S/C7H13F3N2O3S/c8-7(9,10)5-11-16(14,15)12-3-1-2-6(13)4-12/h6,11,13H,1-5H2. The summed E-state index contributed by atoms with van der Waals surface area (Å²) in [6, 6.07) is 0. The molecule has 1 heterocycles. The Hall–Kier alpha value is -0.380. The second-order valence-electron chi connectivity index (χ2n) is 3.60. The Morgan fingerprint density at radius 2 is 2.06 bits per heavy atom. The highest BCUT2D eigenvalue weighted by Crippen LogP contribution is 2.16. The number of rotatable bonds is 3. The lowest BCUT2D eigenvalue weighted by molar-refractivity contribution is -0.121. The smallest absolute Gasteiger partial charge is 0.392 e. The maximum absolute atomic E-state index is 11.8. The van der Waals surface area contributed by atoms with E-state index in [1.54, 1.807) is 0 Å². The van der Waals surface area contributed by atoms with E-state index in [0.29, 0.717) is 12.8 Å². The molecule has 0 saturated carbocycles. The topological polar surface area (TPSA) is 69.6 Å². The van der Waals surface area contributed by atoms with Crippen LogP contribution in [-0.4, -0.2) is 49.7 Å². The van der Waals surface area contributed by atoms with Crippen molar-refractivity contribution in [1.29, 1.82) is 0 Å². The van der Waals surface area contributed by atoms with Crippen LogP contribution in [0, 0.1) is 0 Å². The molecule has 1 rings (SSSR count). The third-order valence-electron chi connectivity index (χ3n) is 2.15. The predicted octanol–water partition coefficient (Wildman–Crippen LogP) is -0.160. The maximum Gasteiger partial charge on any atom is 0.402 e. The second-order valence-corrected chi connectivity index (χ2v) is 5.35. The fourth-order valence-corrected chi connectivity index (χ4v) is 2.67. The molecule has 0 aromatic heterocycles. The molecule has 0 spiro atoms. The Kier molecular flexibility index (Phi) is 4.16. The van der Waals surface area contributed by atoms with Crippen LogP contribution < -0.4 is 4.72 Å². The molecule has 0 aromatic carbocycles. The van der Waals surface area contributed by atoms with E-state index in [0.717, 1.165) is 4.31 Å². The van der Waals surface area contributed by atoms with Gasteiger partial charge < -0.3 is 5.11 Å². The largest absolute Gasteiger partial charge is 0.402 e. The molecule has 0 aromatic rings. The van der Waals surface area contributed by atoms with Gasteiger partial charge in [0.1, 0.15) is 6.54 Å². The van der Waals surface area contributed by atoms with Crippen molar-refractivity contribution in [2.24, 2.45) is 0 Å². The van der Waals surface area contributed by atoms with Crippen molar-refractivity contribution in [3.63, 3.8) is 0 Å². The minimum Gasteiger partial charge on any atom is -0.392 e. The van der Waals surface area contributed by atoms with Crippen molar-refractivity contribution in [2.75, 3.05) is 19.6 Å². The SMILES string of the molecule is O=S(=O)(NCC(F)(F)F)N1CCCC(O)C1. The molecule has 16 heavy (non-hydrogen) atoms. The van der Waals surface area contributed by atoms with Crippen LogP contribution in [0.3, 0.4) is 0 Å². The third kappa shape index (κ3) is 4.24. The predicted molar refractivity (Wildman–Crippen MR) is 49.8 cm³/mol. The number of halogens is 3. The molecule has 1 atom stereocenters. The highest BCUT2D eigenvalue weighted by molar-refractivity contribution is 7.87. The molecule has 96 valence electrons. The van der Waals surface area contributed by atoms with Gasteiger partial charge in [-0.1, -0.05) is 0 Å². The Bertz CT molecular complexity index is 330. The van der Waals surface area contributed by atoms with Gasteiger partial charge in [-0.3, -0.25) is 0 Å². The van der Waals surface area contributed by atoms with Crippen LogP contribution in [0.2, 0.25) is 0 Å². The molecule has 1 aliphatic rings. The van der Waals surface area contributed by atoms with Crippen molar-refractivity contribution in [3.8, 4) is 0 Å². The van der Waals surface area contributed by atoms with Crippen molar-refractivity contribution >= 4 is 10.2 Å². The monoisotopic (exact) mass is 262 g/mol. The molecule has 1 fully saturated rings. The number of hydrogen-bond acceptors (Lipinski definition) is 3. The van der Waals surface area contributed by atoms with Crippen LogP contribution in [0.25, 0.3) is 0 Å². The van der Waals surface area contributed by atoms with Crippen LogP contribution in [0.15, 0.2) is 0 Å². The summed E-state index contributed by atoms with van der Waals surface area (Å²) in [5, 5.41) is 9.21. The Balaban J connectivity index is 2.56. The third-order valence-corrected chi connectivity index (χ3v) is 3.67. The molecule has 5 nitrogen and oxygen atoms in total. The maximum atomic E-state index is 11.8. The number of aliphatic hydroxyl groups excluding tert-OH is 1. The van der Waals surface area contributed by atoms with Gasteiger partial charge in [0.2, 0.25) is 0 Å². The highest BCUT2D eigenvalue weighted by atomic mass is 32.2. The molecule has 1 saturated heterocycles. The quantitative estimate of drug-likeness (QED) is 0.742. The number of nitrogens with zero attached hydrogens (tertiary/aromatic N) is 1. The van der Waals surface area contributed by atoms with Crippen molar-refractivity contribution in [2.45, 2.75) is 25.1 Å². The molecule has 0 bridgehead atoms. The average Bonchev–Trinajstić information content (AvgIpc) is 2.14. The molecule has 0 amide bonds. The van der Waals surface area contributed by atoms with Gasteiger partial charge in [-0.15, -0.1) is 0 Å². The summed E-state index contributed by atoms with van der Waals surface area (Å²) >= 11 is 0. The molecule has 9 heteroatoms. The van der Waals surface area contributed by atoms with Gasteiger partial charge in [0.05, 0.1) is 6.10 Å². The number of piperidine rings is 1. The first-order valence-electron chi connectivity index (χ1n) is 4.70. The zero-order valence-corrected chi connectivity index (χ0v) is 9.18. The van der Waals surface area contributed by atoms with Gasteiger partial charge in [0.15, 0.2) is 0 Å². The van der Waals surface area contributed by atoms with Crippen molar-refractivity contribution in [1.82, 2.24) is 9.03 Å². The molecule has 2 N–H and O–H groups in total. The van der Waals surface area contributed by atoms with Gasteiger partial charge in [0, 0.05) is 13.1 Å². The van der Waals surface area contributed by atoms with Gasteiger partial charge in [-0.25, -0.2) is 0 Å². The van der Waals surface area contributed by atoms with Crippen LogP contribution in [0.4, 0.5) is 13.2 Å². The second kappa shape index (κ2) is 4.86. The normalized spacial score (nSPS) is 24.6. The lowest BCUT2D eigenvalue weighted by Crippen LogP contribution is -2.49. The zero-order valence-electron chi connectivity index (χ0n) is 8.37. The van der Waals surface area contributed by atoms with E-state index in [4.69, 9.17) is 0 Å². The molecule has 0 radical (unpaired) electrons. The summed E-state index contributed by atoms with van der Waals surface area (Å²) in [4.78, 5) is 0. The molecular formula is C7H13F3N2O3S. The number of aliphatic hydroxyl groups is 1. The molecular weight excluding hydrogens is 249 g/mol. The Labute approximate surface area is 91.4 Å². The van der Waals surface area contributed by atoms with Crippen molar-refractivity contribution < 1.29 is 26.7 Å². The number of alkyl halides is 3. The summed E-state index contributed by atoms with van der Waals surface area (Å²) in [6.45, 7) is -1.63. The fourth-order valence-electron chi connectivity index (χ4n) is 1.40. The summed E-state index contributed by atoms with van der Waals surface area (Å²) in [5.41, 5.74) is 0. The molecule has 0 aliphatic carbocycles. The van der Waals surface area contributed by atoms with E-state index in [-0.39, 0.29) is 13.1 Å². The van der Waals surface area contributed by atoms with Crippen LogP contribution >= 0.6 is 0 Å². The minimum absolute atomic E-state index is 0.129. The van der Waals surface area contributed by atoms with E-state index >= 15 is 0 Å². The Morgan fingerprint density at radius 1 is 1.44 bits per heavy atom. The van der Waals surface area contributed by atoms with Gasteiger partial charge in [-0.05, 0) is 12.8 Å². The van der Waals surface area contributed by atoms with Crippen molar-refractivity contribution in [3.05, 3.63) is 0 Å². The van der Waals surface area contributed by atoms with Crippen LogP contribution in [0.5, 0.6) is 0 Å².